The summed E-state index contributed by atoms with van der Waals surface area (Å²) in [5.41, 5.74) is 0. The quantitative estimate of drug-likeness (QED) is 0.241. The third-order valence-electron chi connectivity index (χ3n) is 4.14. The fourth-order valence-corrected chi connectivity index (χ4v) is 2.50. The minimum atomic E-state index is -0.908. The smallest absolute Gasteiger partial charge is 0.305 e. The highest BCUT2D eigenvalue weighted by Gasteiger charge is 2.13. The molecule has 5 nitrogen and oxygen atoms in total. The molecule has 3 N–H and O–H groups in total. The number of esters is 1. The second-order valence-electron chi connectivity index (χ2n) is 6.39. The summed E-state index contributed by atoms with van der Waals surface area (Å²) in [7, 11) is 1.40. The van der Waals surface area contributed by atoms with Crippen molar-refractivity contribution in [2.75, 3.05) is 7.11 Å². The number of ether oxygens (including phenoxy) is 1. The maximum absolute atomic E-state index is 10.9. The van der Waals surface area contributed by atoms with Gasteiger partial charge in [0.05, 0.1) is 25.4 Å². The largest absolute Gasteiger partial charge is 0.469 e. The van der Waals surface area contributed by atoms with Gasteiger partial charge in [0, 0.05) is 6.42 Å². The SMILES string of the molecule is CCCCCC(O)C(O)C=C[C@@H](O)CCCCCCCC(=O)OC. The third kappa shape index (κ3) is 13.5. The molecular weight excluding hydrogens is 308 g/mol. The molecule has 24 heavy (non-hydrogen) atoms. The van der Waals surface area contributed by atoms with Crippen LogP contribution in [0, 0.1) is 0 Å². The summed E-state index contributed by atoms with van der Waals surface area (Å²) in [4.78, 5) is 10.9. The fourth-order valence-electron chi connectivity index (χ4n) is 2.50. The van der Waals surface area contributed by atoms with Crippen LogP contribution in [0.15, 0.2) is 12.2 Å². The van der Waals surface area contributed by atoms with E-state index in [0.29, 0.717) is 19.3 Å². The molecule has 0 aromatic rings. The number of methoxy groups -OCH3 is 1. The predicted molar refractivity (Wildman–Crippen MR) is 95.6 cm³/mol. The zero-order chi connectivity index (χ0) is 18.2. The van der Waals surface area contributed by atoms with Crippen LogP contribution in [0.1, 0.15) is 77.6 Å². The average Bonchev–Trinajstić information content (AvgIpc) is 2.58. The van der Waals surface area contributed by atoms with Crippen LogP contribution in [0.25, 0.3) is 0 Å². The Hall–Kier alpha value is -0.910. The Morgan fingerprint density at radius 1 is 0.917 bits per heavy atom. The lowest BCUT2D eigenvalue weighted by Gasteiger charge is -2.14. The Morgan fingerprint density at radius 3 is 2.21 bits per heavy atom. The number of unbranched alkanes of at least 4 members (excludes halogenated alkanes) is 6. The normalized spacial score (nSPS) is 15.4. The molecule has 0 saturated heterocycles. The number of hydrogen-bond acceptors (Lipinski definition) is 5. The first kappa shape index (κ1) is 23.1. The van der Waals surface area contributed by atoms with Crippen LogP contribution in [0.3, 0.4) is 0 Å². The molecule has 0 aromatic heterocycles. The van der Waals surface area contributed by atoms with Crippen LogP contribution in [-0.2, 0) is 9.53 Å². The van der Waals surface area contributed by atoms with E-state index in [1.165, 1.54) is 13.2 Å². The summed E-state index contributed by atoms with van der Waals surface area (Å²) in [6, 6.07) is 0. The molecule has 0 amide bonds. The van der Waals surface area contributed by atoms with Crippen molar-refractivity contribution in [2.45, 2.75) is 95.9 Å². The van der Waals surface area contributed by atoms with Crippen LogP contribution in [0.4, 0.5) is 0 Å². The Bertz CT molecular complexity index is 330. The lowest BCUT2D eigenvalue weighted by atomic mass is 10.0. The van der Waals surface area contributed by atoms with Crippen LogP contribution in [0.2, 0.25) is 0 Å². The molecule has 0 heterocycles. The second kappa shape index (κ2) is 15.6. The molecule has 0 aliphatic carbocycles. The minimum Gasteiger partial charge on any atom is -0.469 e. The minimum absolute atomic E-state index is 0.161. The number of aliphatic hydroxyl groups is 3. The van der Waals surface area contributed by atoms with Gasteiger partial charge in [0.15, 0.2) is 0 Å². The van der Waals surface area contributed by atoms with Crippen molar-refractivity contribution in [2.24, 2.45) is 0 Å². The van der Waals surface area contributed by atoms with Gasteiger partial charge in [-0.1, -0.05) is 64.0 Å². The summed E-state index contributed by atoms with van der Waals surface area (Å²) in [6.45, 7) is 2.10. The summed E-state index contributed by atoms with van der Waals surface area (Å²) in [6.07, 6.45) is 10.3. The Kier molecular flexibility index (Phi) is 15.0. The van der Waals surface area contributed by atoms with Gasteiger partial charge in [0.2, 0.25) is 0 Å². The maximum atomic E-state index is 10.9. The monoisotopic (exact) mass is 344 g/mol. The molecule has 2 unspecified atom stereocenters. The van der Waals surface area contributed by atoms with E-state index in [4.69, 9.17) is 0 Å². The van der Waals surface area contributed by atoms with Crippen molar-refractivity contribution in [3.8, 4) is 0 Å². The molecular formula is C19H36O5. The van der Waals surface area contributed by atoms with Gasteiger partial charge >= 0.3 is 5.97 Å². The fraction of sp³-hybridized carbons (Fsp3) is 0.842. The first-order valence-electron chi connectivity index (χ1n) is 9.30. The molecule has 5 heteroatoms. The van der Waals surface area contributed by atoms with Crippen molar-refractivity contribution in [1.82, 2.24) is 0 Å². The van der Waals surface area contributed by atoms with Crippen molar-refractivity contribution >= 4 is 5.97 Å². The highest BCUT2D eigenvalue weighted by Crippen LogP contribution is 2.11. The molecule has 0 bridgehead atoms. The van der Waals surface area contributed by atoms with Gasteiger partial charge in [0.25, 0.3) is 0 Å². The molecule has 0 aliphatic rings. The van der Waals surface area contributed by atoms with E-state index in [-0.39, 0.29) is 5.97 Å². The van der Waals surface area contributed by atoms with E-state index >= 15 is 0 Å². The first-order chi connectivity index (χ1) is 11.5. The van der Waals surface area contributed by atoms with Crippen LogP contribution < -0.4 is 0 Å². The molecule has 0 aromatic carbocycles. The number of carbonyl (C=O) groups excluding carboxylic acids is 1. The molecule has 0 spiro atoms. The lowest BCUT2D eigenvalue weighted by molar-refractivity contribution is -0.140. The van der Waals surface area contributed by atoms with Crippen molar-refractivity contribution in [3.63, 3.8) is 0 Å². The van der Waals surface area contributed by atoms with E-state index in [2.05, 4.69) is 11.7 Å². The summed E-state index contributed by atoms with van der Waals surface area (Å²) in [5.74, 6) is -0.161. The highest BCUT2D eigenvalue weighted by molar-refractivity contribution is 5.68. The van der Waals surface area contributed by atoms with Crippen molar-refractivity contribution < 1.29 is 24.9 Å². The van der Waals surface area contributed by atoms with Gasteiger partial charge in [-0.2, -0.15) is 0 Å². The lowest BCUT2D eigenvalue weighted by Crippen LogP contribution is -2.24. The number of carbonyl (C=O) groups is 1. The predicted octanol–water partition coefficient (Wildman–Crippen LogP) is 3.11. The van der Waals surface area contributed by atoms with E-state index < -0.39 is 18.3 Å². The van der Waals surface area contributed by atoms with E-state index in [9.17, 15) is 20.1 Å². The first-order valence-corrected chi connectivity index (χ1v) is 9.30. The van der Waals surface area contributed by atoms with Crippen LogP contribution in [-0.4, -0.2) is 46.7 Å². The highest BCUT2D eigenvalue weighted by atomic mass is 16.5. The van der Waals surface area contributed by atoms with E-state index in [0.717, 1.165) is 51.4 Å². The zero-order valence-electron chi connectivity index (χ0n) is 15.3. The standard InChI is InChI=1S/C19H36O5/c1-3-4-8-12-17(21)18(22)15-14-16(20)11-9-6-5-7-10-13-19(23)24-2/h14-18,20-22H,3-13H2,1-2H3/t16-,17?,18?/m0/s1. The molecule has 0 aliphatic heterocycles. The summed E-state index contributed by atoms with van der Waals surface area (Å²) < 4.78 is 4.58. The van der Waals surface area contributed by atoms with E-state index in [1.54, 1.807) is 6.08 Å². The summed E-state index contributed by atoms with van der Waals surface area (Å²) in [5, 5.41) is 29.5. The van der Waals surface area contributed by atoms with Crippen molar-refractivity contribution in [3.05, 3.63) is 12.2 Å². The average molecular weight is 344 g/mol. The number of aliphatic hydroxyl groups excluding tert-OH is 3. The zero-order valence-corrected chi connectivity index (χ0v) is 15.3. The second-order valence-corrected chi connectivity index (χ2v) is 6.39. The Balaban J connectivity index is 3.66. The molecule has 0 rings (SSSR count). The van der Waals surface area contributed by atoms with Gasteiger partial charge in [0.1, 0.15) is 0 Å². The van der Waals surface area contributed by atoms with Crippen LogP contribution in [0.5, 0.6) is 0 Å². The van der Waals surface area contributed by atoms with Crippen molar-refractivity contribution in [1.29, 1.82) is 0 Å². The van der Waals surface area contributed by atoms with Gasteiger partial charge in [-0.15, -0.1) is 0 Å². The molecule has 0 fully saturated rings. The Labute approximate surface area is 146 Å². The molecule has 0 radical (unpaired) electrons. The van der Waals surface area contributed by atoms with E-state index in [1.807, 2.05) is 0 Å². The van der Waals surface area contributed by atoms with Crippen LogP contribution >= 0.6 is 0 Å². The van der Waals surface area contributed by atoms with Gasteiger partial charge in [-0.25, -0.2) is 0 Å². The maximum Gasteiger partial charge on any atom is 0.305 e. The number of rotatable bonds is 15. The Morgan fingerprint density at radius 2 is 1.54 bits per heavy atom. The summed E-state index contributed by atoms with van der Waals surface area (Å²) >= 11 is 0. The topological polar surface area (TPSA) is 87.0 Å². The van der Waals surface area contributed by atoms with Gasteiger partial charge < -0.3 is 20.1 Å². The molecule has 142 valence electrons. The van der Waals surface area contributed by atoms with Gasteiger partial charge in [-0.05, 0) is 19.3 Å². The van der Waals surface area contributed by atoms with Gasteiger partial charge in [-0.3, -0.25) is 4.79 Å². The number of hydrogen-bond donors (Lipinski definition) is 3. The molecule has 3 atom stereocenters. The third-order valence-corrected chi connectivity index (χ3v) is 4.14. The molecule has 0 saturated carbocycles.